The number of ether oxygens (including phenoxy) is 2. The van der Waals surface area contributed by atoms with Crippen molar-refractivity contribution in [2.45, 2.75) is 6.54 Å². The number of carbonyl (C=O) groups is 1. The van der Waals surface area contributed by atoms with E-state index in [9.17, 15) is 4.79 Å². The molecule has 1 heterocycles. The lowest BCUT2D eigenvalue weighted by atomic mass is 10.1. The van der Waals surface area contributed by atoms with E-state index in [0.717, 1.165) is 16.9 Å². The number of hydrogen-bond donors (Lipinski definition) is 0. The molecule has 0 N–H and O–H groups in total. The lowest BCUT2D eigenvalue weighted by molar-refractivity contribution is -0.114. The maximum Gasteiger partial charge on any atom is 0.251 e. The number of amides is 1. The number of methoxy groups -OCH3 is 2. The Morgan fingerprint density at radius 1 is 1.03 bits per heavy atom. The predicted molar refractivity (Wildman–Crippen MR) is 115 cm³/mol. The van der Waals surface area contributed by atoms with Gasteiger partial charge in [-0.3, -0.25) is 9.78 Å². The van der Waals surface area contributed by atoms with E-state index in [1.807, 2.05) is 42.5 Å². The van der Waals surface area contributed by atoms with E-state index in [2.05, 4.69) is 4.98 Å². The topological polar surface area (TPSA) is 51.7 Å². The van der Waals surface area contributed by atoms with Gasteiger partial charge >= 0.3 is 0 Å². The highest BCUT2D eigenvalue weighted by atomic mass is 35.5. The Labute approximate surface area is 175 Å². The second-order valence-corrected chi connectivity index (χ2v) is 6.61. The van der Waals surface area contributed by atoms with Crippen LogP contribution in [0.15, 0.2) is 72.9 Å². The van der Waals surface area contributed by atoms with Crippen LogP contribution >= 0.6 is 11.6 Å². The first kappa shape index (κ1) is 20.4. The number of benzene rings is 2. The standard InChI is InChI=1S/C23H21ClN2O3/c1-28-21-12-6-17(15-22(21)29-2)7-13-23(27)26(16-19-5-3-4-14-25-19)20-10-8-18(24)9-11-20/h3-15H,16H2,1-2H3. The molecule has 0 radical (unpaired) electrons. The summed E-state index contributed by atoms with van der Waals surface area (Å²) in [5.74, 6) is 1.06. The van der Waals surface area contributed by atoms with E-state index in [4.69, 9.17) is 21.1 Å². The van der Waals surface area contributed by atoms with Crippen LogP contribution in [0.1, 0.15) is 11.3 Å². The van der Waals surface area contributed by atoms with Crippen LogP contribution in [0.25, 0.3) is 6.08 Å². The van der Waals surface area contributed by atoms with Gasteiger partial charge in [0.05, 0.1) is 26.5 Å². The van der Waals surface area contributed by atoms with Gasteiger partial charge in [0.1, 0.15) is 0 Å². The number of carbonyl (C=O) groups excluding carboxylic acids is 1. The molecular weight excluding hydrogens is 388 g/mol. The molecule has 0 aliphatic heterocycles. The lowest BCUT2D eigenvalue weighted by Crippen LogP contribution is -2.29. The Morgan fingerprint density at radius 2 is 1.79 bits per heavy atom. The highest BCUT2D eigenvalue weighted by Gasteiger charge is 2.15. The summed E-state index contributed by atoms with van der Waals surface area (Å²) in [5, 5.41) is 0.611. The van der Waals surface area contributed by atoms with Gasteiger partial charge in [0.15, 0.2) is 11.5 Å². The molecular formula is C23H21ClN2O3. The van der Waals surface area contributed by atoms with Crippen LogP contribution in [0.4, 0.5) is 5.69 Å². The van der Waals surface area contributed by atoms with E-state index in [0.29, 0.717) is 23.1 Å². The first-order valence-electron chi connectivity index (χ1n) is 8.98. The van der Waals surface area contributed by atoms with Gasteiger partial charge in [-0.25, -0.2) is 0 Å². The number of anilines is 1. The first-order valence-corrected chi connectivity index (χ1v) is 9.35. The van der Waals surface area contributed by atoms with E-state index in [-0.39, 0.29) is 5.91 Å². The number of rotatable bonds is 7. The van der Waals surface area contributed by atoms with Crippen molar-refractivity contribution >= 4 is 29.3 Å². The minimum atomic E-state index is -0.173. The summed E-state index contributed by atoms with van der Waals surface area (Å²) in [6.45, 7) is 0.345. The fourth-order valence-electron chi connectivity index (χ4n) is 2.79. The van der Waals surface area contributed by atoms with Gasteiger partial charge in [0.2, 0.25) is 0 Å². The Morgan fingerprint density at radius 3 is 2.45 bits per heavy atom. The van der Waals surface area contributed by atoms with Gasteiger partial charge in [0, 0.05) is 23.0 Å². The van der Waals surface area contributed by atoms with Crippen molar-refractivity contribution in [2.75, 3.05) is 19.1 Å². The fraction of sp³-hybridized carbons (Fsp3) is 0.130. The third-order valence-corrected chi connectivity index (χ3v) is 4.53. The number of hydrogen-bond acceptors (Lipinski definition) is 4. The minimum absolute atomic E-state index is 0.173. The van der Waals surface area contributed by atoms with Crippen molar-refractivity contribution < 1.29 is 14.3 Å². The molecule has 6 heteroatoms. The zero-order valence-electron chi connectivity index (χ0n) is 16.2. The maximum atomic E-state index is 13.0. The fourth-order valence-corrected chi connectivity index (χ4v) is 2.91. The second-order valence-electron chi connectivity index (χ2n) is 6.17. The first-order chi connectivity index (χ1) is 14.1. The zero-order valence-corrected chi connectivity index (χ0v) is 17.0. The molecule has 0 aliphatic rings. The van der Waals surface area contributed by atoms with Crippen molar-refractivity contribution in [3.63, 3.8) is 0 Å². The molecule has 3 aromatic rings. The molecule has 0 saturated carbocycles. The third kappa shape index (κ3) is 5.36. The van der Waals surface area contributed by atoms with Crippen molar-refractivity contribution in [2.24, 2.45) is 0 Å². The highest BCUT2D eigenvalue weighted by molar-refractivity contribution is 6.30. The molecule has 1 aromatic heterocycles. The Hall–Kier alpha value is -3.31. The van der Waals surface area contributed by atoms with Crippen molar-refractivity contribution in [1.82, 2.24) is 4.98 Å². The quantitative estimate of drug-likeness (QED) is 0.516. The molecule has 5 nitrogen and oxygen atoms in total. The predicted octanol–water partition coefficient (Wildman–Crippen LogP) is 5.00. The van der Waals surface area contributed by atoms with Gasteiger partial charge in [-0.05, 0) is 60.2 Å². The van der Waals surface area contributed by atoms with Crippen molar-refractivity contribution in [3.05, 3.63) is 89.2 Å². The summed E-state index contributed by atoms with van der Waals surface area (Å²) in [6.07, 6.45) is 4.98. The van der Waals surface area contributed by atoms with Gasteiger partial charge in [-0.15, -0.1) is 0 Å². The molecule has 0 bridgehead atoms. The Balaban J connectivity index is 1.86. The smallest absolute Gasteiger partial charge is 0.251 e. The van der Waals surface area contributed by atoms with Gasteiger partial charge < -0.3 is 14.4 Å². The molecule has 29 heavy (non-hydrogen) atoms. The van der Waals surface area contributed by atoms with E-state index in [1.54, 1.807) is 49.6 Å². The zero-order chi connectivity index (χ0) is 20.6. The molecule has 148 valence electrons. The van der Waals surface area contributed by atoms with Gasteiger partial charge in [0.25, 0.3) is 5.91 Å². The van der Waals surface area contributed by atoms with Crippen molar-refractivity contribution in [1.29, 1.82) is 0 Å². The van der Waals surface area contributed by atoms with Crippen LogP contribution in [0.3, 0.4) is 0 Å². The van der Waals surface area contributed by atoms with E-state index < -0.39 is 0 Å². The number of aromatic nitrogens is 1. The summed E-state index contributed by atoms with van der Waals surface area (Å²) >= 11 is 6.00. The molecule has 0 spiro atoms. The van der Waals surface area contributed by atoms with Crippen molar-refractivity contribution in [3.8, 4) is 11.5 Å². The van der Waals surface area contributed by atoms with E-state index in [1.165, 1.54) is 6.08 Å². The average Bonchev–Trinajstić information content (AvgIpc) is 2.77. The Kier molecular flexibility index (Phi) is 6.87. The number of pyridine rings is 1. The van der Waals surface area contributed by atoms with Gasteiger partial charge in [-0.2, -0.15) is 0 Å². The van der Waals surface area contributed by atoms with Crippen LogP contribution in [0.5, 0.6) is 11.5 Å². The van der Waals surface area contributed by atoms with Crippen LogP contribution < -0.4 is 14.4 Å². The van der Waals surface area contributed by atoms with Crippen LogP contribution in [0, 0.1) is 0 Å². The summed E-state index contributed by atoms with van der Waals surface area (Å²) in [6, 6.07) is 18.2. The summed E-state index contributed by atoms with van der Waals surface area (Å²) in [5.41, 5.74) is 2.35. The highest BCUT2D eigenvalue weighted by Crippen LogP contribution is 2.28. The Bertz CT molecular complexity index is 989. The van der Waals surface area contributed by atoms with Crippen LogP contribution in [0.2, 0.25) is 5.02 Å². The molecule has 0 atom stereocenters. The van der Waals surface area contributed by atoms with Crippen LogP contribution in [-0.2, 0) is 11.3 Å². The van der Waals surface area contributed by atoms with Gasteiger partial charge in [-0.1, -0.05) is 23.7 Å². The molecule has 2 aromatic carbocycles. The van der Waals surface area contributed by atoms with E-state index >= 15 is 0 Å². The number of nitrogens with zero attached hydrogens (tertiary/aromatic N) is 2. The molecule has 3 rings (SSSR count). The molecule has 0 aliphatic carbocycles. The van der Waals surface area contributed by atoms with Crippen LogP contribution in [-0.4, -0.2) is 25.1 Å². The SMILES string of the molecule is COc1ccc(C=CC(=O)N(Cc2ccccn2)c2ccc(Cl)cc2)cc1OC. The third-order valence-electron chi connectivity index (χ3n) is 4.28. The monoisotopic (exact) mass is 408 g/mol. The summed E-state index contributed by atoms with van der Waals surface area (Å²) in [4.78, 5) is 19.0. The lowest BCUT2D eigenvalue weighted by Gasteiger charge is -2.21. The summed E-state index contributed by atoms with van der Waals surface area (Å²) in [7, 11) is 3.16. The number of halogens is 1. The molecule has 0 saturated heterocycles. The largest absolute Gasteiger partial charge is 0.493 e. The molecule has 0 fully saturated rings. The minimum Gasteiger partial charge on any atom is -0.493 e. The normalized spacial score (nSPS) is 10.7. The second kappa shape index (κ2) is 9.75. The maximum absolute atomic E-state index is 13.0. The summed E-state index contributed by atoms with van der Waals surface area (Å²) < 4.78 is 10.6. The molecule has 0 unspecified atom stereocenters. The average molecular weight is 409 g/mol. The molecule has 1 amide bonds.